The zero-order chi connectivity index (χ0) is 14.9. The van der Waals surface area contributed by atoms with Crippen molar-refractivity contribution in [3.63, 3.8) is 0 Å². The van der Waals surface area contributed by atoms with Gasteiger partial charge in [-0.2, -0.15) is 5.10 Å². The highest BCUT2D eigenvalue weighted by Gasteiger charge is 2.33. The molecule has 20 heavy (non-hydrogen) atoms. The first-order valence-corrected chi connectivity index (χ1v) is 6.95. The van der Waals surface area contributed by atoms with Crippen LogP contribution in [0, 0.1) is 11.8 Å². The molecule has 1 amide bonds. The molecule has 0 saturated carbocycles. The Bertz CT molecular complexity index is 510. The SMILES string of the molecule is CC1CC(C(=O)O)CN(C(=O)c2cc(C(C)C)[nH]n2)C1. The molecule has 0 bridgehead atoms. The molecule has 2 unspecified atom stereocenters. The van der Waals surface area contributed by atoms with Crippen molar-refractivity contribution in [3.8, 4) is 0 Å². The summed E-state index contributed by atoms with van der Waals surface area (Å²) in [7, 11) is 0. The van der Waals surface area contributed by atoms with Crippen LogP contribution in [-0.2, 0) is 4.79 Å². The van der Waals surface area contributed by atoms with Gasteiger partial charge in [-0.1, -0.05) is 20.8 Å². The first-order chi connectivity index (χ1) is 9.38. The normalized spacial score (nSPS) is 23.1. The van der Waals surface area contributed by atoms with E-state index in [4.69, 9.17) is 5.11 Å². The predicted octanol–water partition coefficient (Wildman–Crippen LogP) is 1.72. The van der Waals surface area contributed by atoms with E-state index in [1.807, 2.05) is 20.8 Å². The highest BCUT2D eigenvalue weighted by Crippen LogP contribution is 2.23. The molecule has 1 aromatic heterocycles. The van der Waals surface area contributed by atoms with Crippen molar-refractivity contribution >= 4 is 11.9 Å². The Morgan fingerprint density at radius 1 is 1.45 bits per heavy atom. The first-order valence-electron chi connectivity index (χ1n) is 6.95. The molecule has 110 valence electrons. The van der Waals surface area contributed by atoms with Crippen molar-refractivity contribution in [2.75, 3.05) is 13.1 Å². The molecular weight excluding hydrogens is 258 g/mol. The van der Waals surface area contributed by atoms with Crippen LogP contribution >= 0.6 is 0 Å². The molecule has 1 aromatic rings. The number of piperidine rings is 1. The van der Waals surface area contributed by atoms with Gasteiger partial charge in [0.25, 0.3) is 5.91 Å². The van der Waals surface area contributed by atoms with E-state index >= 15 is 0 Å². The van der Waals surface area contributed by atoms with Crippen LogP contribution in [0.3, 0.4) is 0 Å². The van der Waals surface area contributed by atoms with Crippen molar-refractivity contribution in [3.05, 3.63) is 17.5 Å². The Labute approximate surface area is 118 Å². The number of hydrogen-bond donors (Lipinski definition) is 2. The van der Waals surface area contributed by atoms with Crippen LogP contribution in [0.2, 0.25) is 0 Å². The van der Waals surface area contributed by atoms with E-state index in [1.165, 1.54) is 0 Å². The quantitative estimate of drug-likeness (QED) is 0.882. The van der Waals surface area contributed by atoms with E-state index in [-0.39, 0.29) is 24.3 Å². The van der Waals surface area contributed by atoms with Gasteiger partial charge in [-0.25, -0.2) is 0 Å². The highest BCUT2D eigenvalue weighted by molar-refractivity contribution is 5.92. The summed E-state index contributed by atoms with van der Waals surface area (Å²) in [5.41, 5.74) is 1.28. The number of amides is 1. The molecule has 1 aliphatic heterocycles. The minimum absolute atomic E-state index is 0.189. The Morgan fingerprint density at radius 3 is 2.70 bits per heavy atom. The van der Waals surface area contributed by atoms with Crippen molar-refractivity contribution in [1.29, 1.82) is 0 Å². The van der Waals surface area contributed by atoms with Gasteiger partial charge in [-0.3, -0.25) is 14.7 Å². The number of nitrogens with one attached hydrogen (secondary N) is 1. The number of carboxylic acids is 1. The van der Waals surface area contributed by atoms with Gasteiger partial charge in [0, 0.05) is 18.8 Å². The van der Waals surface area contributed by atoms with E-state index in [2.05, 4.69) is 10.2 Å². The van der Waals surface area contributed by atoms with Crippen molar-refractivity contribution in [2.24, 2.45) is 11.8 Å². The van der Waals surface area contributed by atoms with E-state index in [1.54, 1.807) is 11.0 Å². The number of hydrogen-bond acceptors (Lipinski definition) is 3. The zero-order valence-corrected chi connectivity index (χ0v) is 12.1. The van der Waals surface area contributed by atoms with E-state index in [0.717, 1.165) is 5.69 Å². The van der Waals surface area contributed by atoms with Gasteiger partial charge in [-0.05, 0) is 24.3 Å². The summed E-state index contributed by atoms with van der Waals surface area (Å²) in [6, 6.07) is 1.75. The van der Waals surface area contributed by atoms with Crippen molar-refractivity contribution in [2.45, 2.75) is 33.1 Å². The average molecular weight is 279 g/mol. The van der Waals surface area contributed by atoms with E-state index < -0.39 is 11.9 Å². The molecule has 0 aliphatic carbocycles. The van der Waals surface area contributed by atoms with Gasteiger partial charge in [-0.15, -0.1) is 0 Å². The number of aromatic nitrogens is 2. The maximum absolute atomic E-state index is 12.4. The molecule has 6 nitrogen and oxygen atoms in total. The van der Waals surface area contributed by atoms with Gasteiger partial charge in [0.2, 0.25) is 0 Å². The number of H-pyrrole nitrogens is 1. The molecule has 0 spiro atoms. The predicted molar refractivity (Wildman–Crippen MR) is 73.5 cm³/mol. The summed E-state index contributed by atoms with van der Waals surface area (Å²) >= 11 is 0. The number of rotatable bonds is 3. The van der Waals surface area contributed by atoms with E-state index in [0.29, 0.717) is 18.7 Å². The van der Waals surface area contributed by atoms with Crippen LogP contribution in [0.15, 0.2) is 6.07 Å². The Kier molecular flexibility index (Phi) is 4.11. The van der Waals surface area contributed by atoms with Crippen molar-refractivity contribution < 1.29 is 14.7 Å². The molecule has 0 aromatic carbocycles. The lowest BCUT2D eigenvalue weighted by atomic mass is 9.90. The van der Waals surface area contributed by atoms with Crippen LogP contribution in [0.25, 0.3) is 0 Å². The van der Waals surface area contributed by atoms with Gasteiger partial charge in [0.1, 0.15) is 5.69 Å². The maximum atomic E-state index is 12.4. The number of aromatic amines is 1. The van der Waals surface area contributed by atoms with Gasteiger partial charge in [0.05, 0.1) is 5.92 Å². The number of carbonyl (C=O) groups is 2. The number of carboxylic acid groups (broad SMARTS) is 1. The summed E-state index contributed by atoms with van der Waals surface area (Å²) in [5, 5.41) is 16.0. The minimum Gasteiger partial charge on any atom is -0.481 e. The second-order valence-corrected chi connectivity index (χ2v) is 5.95. The molecule has 2 N–H and O–H groups in total. The maximum Gasteiger partial charge on any atom is 0.308 e. The Balaban J connectivity index is 2.12. The van der Waals surface area contributed by atoms with Gasteiger partial charge < -0.3 is 10.0 Å². The van der Waals surface area contributed by atoms with Crippen LogP contribution < -0.4 is 0 Å². The molecule has 1 saturated heterocycles. The molecule has 2 heterocycles. The topological polar surface area (TPSA) is 86.3 Å². The lowest BCUT2D eigenvalue weighted by Gasteiger charge is -2.34. The Morgan fingerprint density at radius 2 is 2.15 bits per heavy atom. The molecular formula is C14H21N3O3. The van der Waals surface area contributed by atoms with E-state index in [9.17, 15) is 9.59 Å². The smallest absolute Gasteiger partial charge is 0.308 e. The largest absolute Gasteiger partial charge is 0.481 e. The zero-order valence-electron chi connectivity index (χ0n) is 12.1. The fourth-order valence-corrected chi connectivity index (χ4v) is 2.60. The second kappa shape index (κ2) is 5.64. The van der Waals surface area contributed by atoms with Crippen molar-refractivity contribution in [1.82, 2.24) is 15.1 Å². The number of nitrogens with zero attached hydrogens (tertiary/aromatic N) is 2. The van der Waals surface area contributed by atoms with Gasteiger partial charge >= 0.3 is 5.97 Å². The lowest BCUT2D eigenvalue weighted by Crippen LogP contribution is -2.45. The van der Waals surface area contributed by atoms with Crippen LogP contribution in [-0.4, -0.2) is 45.2 Å². The van der Waals surface area contributed by atoms with Gasteiger partial charge in [0.15, 0.2) is 0 Å². The number of aliphatic carboxylic acids is 1. The molecule has 6 heteroatoms. The molecule has 2 atom stereocenters. The number of carbonyl (C=O) groups excluding carboxylic acids is 1. The van der Waals surface area contributed by atoms with Crippen LogP contribution in [0.4, 0.5) is 0 Å². The fourth-order valence-electron chi connectivity index (χ4n) is 2.60. The monoisotopic (exact) mass is 279 g/mol. The molecule has 1 aliphatic rings. The summed E-state index contributed by atoms with van der Waals surface area (Å²) in [6.07, 6.45) is 0.622. The van der Waals surface area contributed by atoms with Crippen LogP contribution in [0.1, 0.15) is 49.3 Å². The van der Waals surface area contributed by atoms with Crippen LogP contribution in [0.5, 0.6) is 0 Å². The third kappa shape index (κ3) is 3.00. The summed E-state index contributed by atoms with van der Waals surface area (Å²) in [6.45, 7) is 6.87. The summed E-state index contributed by atoms with van der Waals surface area (Å²) in [5.74, 6) is -1.04. The number of likely N-dealkylation sites (tertiary alicyclic amines) is 1. The molecule has 1 fully saturated rings. The second-order valence-electron chi connectivity index (χ2n) is 5.95. The standard InChI is InChI=1S/C14H21N3O3/c1-8(2)11-5-12(16-15-11)13(18)17-6-9(3)4-10(7-17)14(19)20/h5,8-10H,4,6-7H2,1-3H3,(H,15,16)(H,19,20). The fraction of sp³-hybridized carbons (Fsp3) is 0.643. The Hall–Kier alpha value is -1.85. The molecule has 0 radical (unpaired) electrons. The lowest BCUT2D eigenvalue weighted by molar-refractivity contribution is -0.143. The average Bonchev–Trinajstić information content (AvgIpc) is 2.86. The third-order valence-electron chi connectivity index (χ3n) is 3.73. The summed E-state index contributed by atoms with van der Waals surface area (Å²) < 4.78 is 0. The summed E-state index contributed by atoms with van der Waals surface area (Å²) in [4.78, 5) is 25.1. The first kappa shape index (κ1) is 14.6. The molecule has 2 rings (SSSR count). The highest BCUT2D eigenvalue weighted by atomic mass is 16.4. The third-order valence-corrected chi connectivity index (χ3v) is 3.73. The minimum atomic E-state index is -0.834.